The largest absolute Gasteiger partial charge is 0.475 e. The van der Waals surface area contributed by atoms with Crippen molar-refractivity contribution in [2.45, 2.75) is 19.3 Å². The van der Waals surface area contributed by atoms with Crippen molar-refractivity contribution in [3.8, 4) is 0 Å². The first-order valence-corrected chi connectivity index (χ1v) is 5.22. The number of nitrogens with one attached hydrogen (secondary N) is 1. The first-order chi connectivity index (χ1) is 8.00. The number of hydrogen-bond donors (Lipinski definition) is 3. The number of carbonyl (C=O) groups excluding carboxylic acids is 2. The average Bonchev–Trinajstić information content (AvgIpc) is 2.28. The Bertz CT molecular complexity index is 394. The van der Waals surface area contributed by atoms with Crippen molar-refractivity contribution in [1.82, 2.24) is 5.32 Å². The summed E-state index contributed by atoms with van der Waals surface area (Å²) in [7, 11) is -1.76. The van der Waals surface area contributed by atoms with Gasteiger partial charge in [0.25, 0.3) is 5.91 Å². The Kier molecular flexibility index (Phi) is 4.87. The minimum absolute atomic E-state index is 0.115. The Morgan fingerprint density at radius 2 is 1.88 bits per heavy atom. The highest BCUT2D eigenvalue weighted by molar-refractivity contribution is 6.44. The Labute approximate surface area is 99.6 Å². The zero-order chi connectivity index (χ0) is 12.8. The second kappa shape index (κ2) is 6.17. The maximum Gasteiger partial charge on any atom is 0.475 e. The summed E-state index contributed by atoms with van der Waals surface area (Å²) in [5.41, 5.74) is 0.404. The summed E-state index contributed by atoms with van der Waals surface area (Å²) in [6.45, 7) is 1.32. The van der Waals surface area contributed by atoms with Crippen molar-refractivity contribution >= 4 is 18.8 Å². The van der Waals surface area contributed by atoms with Crippen molar-refractivity contribution in [2.24, 2.45) is 0 Å². The van der Waals surface area contributed by atoms with Crippen LogP contribution in [0.5, 0.6) is 0 Å². The molecule has 3 N–H and O–H groups in total. The highest BCUT2D eigenvalue weighted by atomic mass is 16.4. The number of amides is 1. The molecule has 0 heterocycles. The van der Waals surface area contributed by atoms with E-state index in [0.29, 0.717) is 5.56 Å². The maximum absolute atomic E-state index is 11.7. The predicted molar refractivity (Wildman–Crippen MR) is 63.2 cm³/mol. The van der Waals surface area contributed by atoms with Crippen molar-refractivity contribution in [3.63, 3.8) is 0 Å². The number of ketones is 1. The first kappa shape index (κ1) is 13.4. The lowest BCUT2D eigenvalue weighted by Crippen LogP contribution is -2.47. The molecular weight excluding hydrogens is 221 g/mol. The number of Topliss-reactive ketones (excluding diaryl/α,β-unsaturated/α-hetero) is 1. The van der Waals surface area contributed by atoms with Crippen LogP contribution in [-0.2, 0) is 4.79 Å². The number of hydrogen-bond acceptors (Lipinski definition) is 4. The van der Waals surface area contributed by atoms with Gasteiger partial charge in [-0.1, -0.05) is 18.2 Å². The lowest BCUT2D eigenvalue weighted by Gasteiger charge is -2.16. The molecule has 1 aromatic rings. The standard InChI is InChI=1S/C11H14BNO4/c1-8(14)7-10(12(16)17)13-11(15)9-5-3-2-4-6-9/h2-6,10,16-17H,7H2,1H3,(H,13,15)/t10-/m0/s1. The van der Waals surface area contributed by atoms with Crippen LogP contribution in [0, 0.1) is 0 Å². The molecule has 0 aliphatic rings. The van der Waals surface area contributed by atoms with Crippen molar-refractivity contribution in [1.29, 1.82) is 0 Å². The molecule has 1 amide bonds. The maximum atomic E-state index is 11.7. The first-order valence-electron chi connectivity index (χ1n) is 5.22. The molecule has 0 bridgehead atoms. The van der Waals surface area contributed by atoms with Crippen LogP contribution in [0.2, 0.25) is 0 Å². The van der Waals surface area contributed by atoms with Gasteiger partial charge in [0.1, 0.15) is 5.78 Å². The molecule has 0 aromatic heterocycles. The number of benzene rings is 1. The minimum Gasteiger partial charge on any atom is -0.426 e. The molecule has 0 spiro atoms. The van der Waals surface area contributed by atoms with Crippen molar-refractivity contribution in [2.75, 3.05) is 0 Å². The zero-order valence-corrected chi connectivity index (χ0v) is 9.46. The fraction of sp³-hybridized carbons (Fsp3) is 0.273. The average molecular weight is 235 g/mol. The summed E-state index contributed by atoms with van der Waals surface area (Å²) < 4.78 is 0. The topological polar surface area (TPSA) is 86.6 Å². The van der Waals surface area contributed by atoms with E-state index < -0.39 is 19.0 Å². The Hall–Kier alpha value is -1.66. The molecule has 6 heteroatoms. The van der Waals surface area contributed by atoms with Crippen LogP contribution in [0.1, 0.15) is 23.7 Å². The molecule has 0 unspecified atom stereocenters. The summed E-state index contributed by atoms with van der Waals surface area (Å²) in [5.74, 6) is -1.65. The predicted octanol–water partition coefficient (Wildman–Crippen LogP) is -0.224. The van der Waals surface area contributed by atoms with E-state index in [0.717, 1.165) is 0 Å². The summed E-state index contributed by atoms with van der Waals surface area (Å²) in [5, 5.41) is 20.5. The van der Waals surface area contributed by atoms with E-state index in [2.05, 4.69) is 5.32 Å². The van der Waals surface area contributed by atoms with Crippen LogP contribution in [0.15, 0.2) is 30.3 Å². The van der Waals surface area contributed by atoms with Gasteiger partial charge in [-0.05, 0) is 19.1 Å². The third kappa shape index (κ3) is 4.38. The summed E-state index contributed by atoms with van der Waals surface area (Å²) in [6, 6.07) is 8.37. The van der Waals surface area contributed by atoms with E-state index in [1.54, 1.807) is 30.3 Å². The van der Waals surface area contributed by atoms with E-state index in [1.807, 2.05) is 0 Å². The molecule has 0 aliphatic carbocycles. The van der Waals surface area contributed by atoms with Crippen LogP contribution >= 0.6 is 0 Å². The zero-order valence-electron chi connectivity index (χ0n) is 9.46. The summed E-state index contributed by atoms with van der Waals surface area (Å²) in [6.07, 6.45) is -0.115. The highest BCUT2D eigenvalue weighted by Crippen LogP contribution is 2.01. The number of rotatable bonds is 5. The molecule has 1 aromatic carbocycles. The van der Waals surface area contributed by atoms with Crippen molar-refractivity contribution < 1.29 is 19.6 Å². The number of carbonyl (C=O) groups is 2. The van der Waals surface area contributed by atoms with Gasteiger partial charge in [0, 0.05) is 12.0 Å². The molecule has 17 heavy (non-hydrogen) atoms. The monoisotopic (exact) mass is 235 g/mol. The summed E-state index contributed by atoms with van der Waals surface area (Å²) >= 11 is 0. The van der Waals surface area contributed by atoms with Crippen LogP contribution in [0.25, 0.3) is 0 Å². The normalized spacial score (nSPS) is 11.7. The molecule has 0 radical (unpaired) electrons. The Morgan fingerprint density at radius 3 is 2.35 bits per heavy atom. The van der Waals surface area contributed by atoms with Gasteiger partial charge in [-0.3, -0.25) is 9.59 Å². The molecule has 0 aliphatic heterocycles. The lowest BCUT2D eigenvalue weighted by molar-refractivity contribution is -0.117. The second-order valence-corrected chi connectivity index (χ2v) is 3.77. The van der Waals surface area contributed by atoms with E-state index >= 15 is 0 Å². The molecular formula is C11H14BNO4. The van der Waals surface area contributed by atoms with Gasteiger partial charge in [-0.2, -0.15) is 0 Å². The van der Waals surface area contributed by atoms with E-state index in [9.17, 15) is 9.59 Å². The SMILES string of the molecule is CC(=O)C[C@H](NC(=O)c1ccccc1)B(O)O. The molecule has 5 nitrogen and oxygen atoms in total. The van der Waals surface area contributed by atoms with Crippen LogP contribution in [-0.4, -0.2) is 34.8 Å². The van der Waals surface area contributed by atoms with Gasteiger partial charge in [0.15, 0.2) is 0 Å². The molecule has 90 valence electrons. The third-order valence-corrected chi connectivity index (χ3v) is 2.22. The van der Waals surface area contributed by atoms with E-state index in [1.165, 1.54) is 6.92 Å². The van der Waals surface area contributed by atoms with E-state index in [-0.39, 0.29) is 12.2 Å². The molecule has 1 rings (SSSR count). The van der Waals surface area contributed by atoms with Crippen LogP contribution in [0.4, 0.5) is 0 Å². The molecule has 0 fully saturated rings. The molecule has 0 saturated carbocycles. The van der Waals surface area contributed by atoms with Gasteiger partial charge in [-0.25, -0.2) is 0 Å². The second-order valence-electron chi connectivity index (χ2n) is 3.77. The smallest absolute Gasteiger partial charge is 0.426 e. The fourth-order valence-electron chi connectivity index (χ4n) is 1.38. The van der Waals surface area contributed by atoms with E-state index in [4.69, 9.17) is 10.0 Å². The van der Waals surface area contributed by atoms with Gasteiger partial charge in [-0.15, -0.1) is 0 Å². The van der Waals surface area contributed by atoms with Crippen LogP contribution in [0.3, 0.4) is 0 Å². The quantitative estimate of drug-likeness (QED) is 0.615. The van der Waals surface area contributed by atoms with Gasteiger partial charge in [0.05, 0.1) is 5.94 Å². The van der Waals surface area contributed by atoms with Crippen LogP contribution < -0.4 is 5.32 Å². The molecule has 1 atom stereocenters. The fourth-order valence-corrected chi connectivity index (χ4v) is 1.38. The highest BCUT2D eigenvalue weighted by Gasteiger charge is 2.26. The minimum atomic E-state index is -1.76. The van der Waals surface area contributed by atoms with Crippen molar-refractivity contribution in [3.05, 3.63) is 35.9 Å². The van der Waals surface area contributed by atoms with Gasteiger partial charge >= 0.3 is 7.12 Å². The summed E-state index contributed by atoms with van der Waals surface area (Å²) in [4.78, 5) is 22.6. The Morgan fingerprint density at radius 1 is 1.29 bits per heavy atom. The Balaban J connectivity index is 2.68. The van der Waals surface area contributed by atoms with Gasteiger partial charge in [0.2, 0.25) is 0 Å². The third-order valence-electron chi connectivity index (χ3n) is 2.22. The molecule has 0 saturated heterocycles. The lowest BCUT2D eigenvalue weighted by atomic mass is 9.76. The van der Waals surface area contributed by atoms with Gasteiger partial charge < -0.3 is 15.4 Å².